The molecule has 0 saturated carbocycles. The second-order valence-corrected chi connectivity index (χ2v) is 7.70. The van der Waals surface area contributed by atoms with Crippen LogP contribution < -0.4 is 16.6 Å². The summed E-state index contributed by atoms with van der Waals surface area (Å²) >= 11 is 0. The fourth-order valence-electron chi connectivity index (χ4n) is 2.76. The van der Waals surface area contributed by atoms with Gasteiger partial charge in [0.1, 0.15) is 6.04 Å². The summed E-state index contributed by atoms with van der Waals surface area (Å²) in [6.45, 7) is 7.91. The number of aliphatic carboxylic acids is 1. The SMILES string of the molecule is CCn1c(=O)[nH]c2cc(C(=O)NC(CCC(C)(C)C)C(=O)O)ccc2c1=O. The number of rotatable bonds is 6. The van der Waals surface area contributed by atoms with E-state index in [1.807, 2.05) is 20.8 Å². The maximum atomic E-state index is 12.5. The van der Waals surface area contributed by atoms with Crippen molar-refractivity contribution in [1.82, 2.24) is 14.9 Å². The number of hydrogen-bond donors (Lipinski definition) is 3. The van der Waals surface area contributed by atoms with Gasteiger partial charge in [-0.3, -0.25) is 14.2 Å². The van der Waals surface area contributed by atoms with Crippen LogP contribution in [0.15, 0.2) is 27.8 Å². The van der Waals surface area contributed by atoms with Crippen molar-refractivity contribution in [3.8, 4) is 0 Å². The van der Waals surface area contributed by atoms with E-state index in [0.29, 0.717) is 12.8 Å². The maximum Gasteiger partial charge on any atom is 0.328 e. The molecule has 8 heteroatoms. The summed E-state index contributed by atoms with van der Waals surface area (Å²) in [6, 6.07) is 3.27. The first-order chi connectivity index (χ1) is 12.5. The van der Waals surface area contributed by atoms with Crippen molar-refractivity contribution >= 4 is 22.8 Å². The Morgan fingerprint density at radius 1 is 1.26 bits per heavy atom. The van der Waals surface area contributed by atoms with Gasteiger partial charge < -0.3 is 15.4 Å². The van der Waals surface area contributed by atoms with E-state index in [-0.39, 0.29) is 28.4 Å². The van der Waals surface area contributed by atoms with Gasteiger partial charge in [0.2, 0.25) is 0 Å². The van der Waals surface area contributed by atoms with Crippen LogP contribution in [0.5, 0.6) is 0 Å². The molecular weight excluding hydrogens is 350 g/mol. The van der Waals surface area contributed by atoms with E-state index >= 15 is 0 Å². The number of nitrogens with one attached hydrogen (secondary N) is 2. The van der Waals surface area contributed by atoms with Crippen LogP contribution in [0.2, 0.25) is 0 Å². The summed E-state index contributed by atoms with van der Waals surface area (Å²) in [5.41, 5.74) is -0.629. The minimum absolute atomic E-state index is 0.0555. The van der Waals surface area contributed by atoms with Crippen LogP contribution in [-0.2, 0) is 11.3 Å². The Morgan fingerprint density at radius 2 is 1.93 bits per heavy atom. The predicted molar refractivity (Wildman–Crippen MR) is 102 cm³/mol. The van der Waals surface area contributed by atoms with E-state index in [9.17, 15) is 24.3 Å². The predicted octanol–water partition coefficient (Wildman–Crippen LogP) is 1.72. The third-order valence-corrected chi connectivity index (χ3v) is 4.35. The number of amides is 1. The van der Waals surface area contributed by atoms with E-state index in [1.54, 1.807) is 6.92 Å². The standard InChI is InChI=1S/C19H25N3O5/c1-5-22-16(24)12-7-6-11(10-14(12)21-18(22)27)15(23)20-13(17(25)26)8-9-19(2,3)4/h6-7,10,13H,5,8-9H2,1-4H3,(H,20,23)(H,21,27)(H,25,26). The monoisotopic (exact) mass is 375 g/mol. The molecule has 1 aromatic heterocycles. The molecule has 8 nitrogen and oxygen atoms in total. The Kier molecular flexibility index (Phi) is 5.88. The van der Waals surface area contributed by atoms with Gasteiger partial charge in [-0.05, 0) is 43.4 Å². The lowest BCUT2D eigenvalue weighted by Crippen LogP contribution is -2.41. The number of carboxylic acids is 1. The Morgan fingerprint density at radius 3 is 2.48 bits per heavy atom. The Hall–Kier alpha value is -2.90. The highest BCUT2D eigenvalue weighted by Crippen LogP contribution is 2.22. The van der Waals surface area contributed by atoms with Crippen molar-refractivity contribution in [3.63, 3.8) is 0 Å². The average molecular weight is 375 g/mol. The summed E-state index contributed by atoms with van der Waals surface area (Å²) in [7, 11) is 0. The lowest BCUT2D eigenvalue weighted by atomic mass is 9.88. The molecule has 1 atom stereocenters. The zero-order valence-corrected chi connectivity index (χ0v) is 16.0. The highest BCUT2D eigenvalue weighted by molar-refractivity contribution is 5.99. The van der Waals surface area contributed by atoms with E-state index in [0.717, 1.165) is 4.57 Å². The van der Waals surface area contributed by atoms with Gasteiger partial charge in [0.25, 0.3) is 11.5 Å². The van der Waals surface area contributed by atoms with Crippen LogP contribution >= 0.6 is 0 Å². The molecule has 0 spiro atoms. The molecule has 3 N–H and O–H groups in total. The summed E-state index contributed by atoms with van der Waals surface area (Å²) < 4.78 is 1.06. The lowest BCUT2D eigenvalue weighted by molar-refractivity contribution is -0.139. The normalized spacial score (nSPS) is 12.7. The van der Waals surface area contributed by atoms with Crippen LogP contribution in [0, 0.1) is 5.41 Å². The highest BCUT2D eigenvalue weighted by atomic mass is 16.4. The topological polar surface area (TPSA) is 121 Å². The molecule has 0 aliphatic rings. The molecule has 0 aliphatic heterocycles. The number of carboxylic acid groups (broad SMARTS) is 1. The number of benzene rings is 1. The van der Waals surface area contributed by atoms with Gasteiger partial charge in [0.05, 0.1) is 10.9 Å². The molecule has 1 amide bonds. The third-order valence-electron chi connectivity index (χ3n) is 4.35. The van der Waals surface area contributed by atoms with Crippen LogP contribution in [0.3, 0.4) is 0 Å². The van der Waals surface area contributed by atoms with Gasteiger partial charge >= 0.3 is 11.7 Å². The number of aromatic amines is 1. The van der Waals surface area contributed by atoms with Crippen LogP contribution in [0.25, 0.3) is 10.9 Å². The molecule has 0 radical (unpaired) electrons. The molecule has 2 aromatic rings. The first-order valence-corrected chi connectivity index (χ1v) is 8.84. The Balaban J connectivity index is 2.30. The van der Waals surface area contributed by atoms with Gasteiger partial charge in [-0.2, -0.15) is 0 Å². The molecule has 1 unspecified atom stereocenters. The first kappa shape index (κ1) is 20.4. The number of carbonyl (C=O) groups excluding carboxylic acids is 1. The van der Waals surface area contributed by atoms with E-state index in [2.05, 4.69) is 10.3 Å². The van der Waals surface area contributed by atoms with Gasteiger partial charge in [0.15, 0.2) is 0 Å². The molecule has 146 valence electrons. The van der Waals surface area contributed by atoms with Crippen molar-refractivity contribution in [2.45, 2.75) is 53.1 Å². The first-order valence-electron chi connectivity index (χ1n) is 8.84. The summed E-state index contributed by atoms with van der Waals surface area (Å²) in [4.78, 5) is 50.7. The molecule has 0 fully saturated rings. The number of aromatic nitrogens is 2. The quantitative estimate of drug-likeness (QED) is 0.710. The molecular formula is C19H25N3O5. The number of hydrogen-bond acceptors (Lipinski definition) is 4. The third kappa shape index (κ3) is 4.84. The highest BCUT2D eigenvalue weighted by Gasteiger charge is 2.23. The molecule has 0 bridgehead atoms. The average Bonchev–Trinajstić information content (AvgIpc) is 2.57. The molecule has 27 heavy (non-hydrogen) atoms. The van der Waals surface area contributed by atoms with E-state index < -0.39 is 29.2 Å². The van der Waals surface area contributed by atoms with E-state index in [4.69, 9.17) is 0 Å². The van der Waals surface area contributed by atoms with Crippen molar-refractivity contribution in [2.24, 2.45) is 5.41 Å². The minimum atomic E-state index is -1.10. The molecule has 1 aromatic carbocycles. The van der Waals surface area contributed by atoms with Gasteiger partial charge in [-0.1, -0.05) is 20.8 Å². The maximum absolute atomic E-state index is 12.5. The zero-order chi connectivity index (χ0) is 20.4. The number of nitrogens with zero attached hydrogens (tertiary/aromatic N) is 1. The van der Waals surface area contributed by atoms with Crippen LogP contribution in [0.1, 0.15) is 50.9 Å². The van der Waals surface area contributed by atoms with Crippen molar-refractivity contribution < 1.29 is 14.7 Å². The van der Waals surface area contributed by atoms with Gasteiger partial charge in [-0.25, -0.2) is 9.59 Å². The zero-order valence-electron chi connectivity index (χ0n) is 16.0. The number of H-pyrrole nitrogens is 1. The molecule has 0 aliphatic carbocycles. The second kappa shape index (κ2) is 7.77. The van der Waals surface area contributed by atoms with E-state index in [1.165, 1.54) is 18.2 Å². The van der Waals surface area contributed by atoms with Gasteiger partial charge in [0, 0.05) is 12.1 Å². The number of carbonyl (C=O) groups is 2. The largest absolute Gasteiger partial charge is 0.480 e. The fraction of sp³-hybridized carbons (Fsp3) is 0.474. The summed E-state index contributed by atoms with van der Waals surface area (Å²) in [5.74, 6) is -1.67. The molecule has 2 rings (SSSR count). The fourth-order valence-corrected chi connectivity index (χ4v) is 2.76. The minimum Gasteiger partial charge on any atom is -0.480 e. The van der Waals surface area contributed by atoms with Gasteiger partial charge in [-0.15, -0.1) is 0 Å². The summed E-state index contributed by atoms with van der Waals surface area (Å²) in [5, 5.41) is 12.2. The van der Waals surface area contributed by atoms with Crippen molar-refractivity contribution in [3.05, 3.63) is 44.6 Å². The Labute approximate surface area is 156 Å². The number of fused-ring (bicyclic) bond motifs is 1. The second-order valence-electron chi connectivity index (χ2n) is 7.70. The van der Waals surface area contributed by atoms with Crippen LogP contribution in [-0.4, -0.2) is 32.6 Å². The lowest BCUT2D eigenvalue weighted by Gasteiger charge is -2.21. The Bertz CT molecular complexity index is 981. The smallest absolute Gasteiger partial charge is 0.328 e. The molecule has 1 heterocycles. The van der Waals surface area contributed by atoms with Crippen LogP contribution in [0.4, 0.5) is 0 Å². The molecule has 0 saturated heterocycles. The van der Waals surface area contributed by atoms with Crippen molar-refractivity contribution in [2.75, 3.05) is 0 Å². The summed E-state index contributed by atoms with van der Waals surface area (Å²) in [6.07, 6.45) is 0.933. The van der Waals surface area contributed by atoms with Crippen molar-refractivity contribution in [1.29, 1.82) is 0 Å².